The van der Waals surface area contributed by atoms with Crippen molar-refractivity contribution in [3.63, 3.8) is 0 Å². The number of carbonyl (C=O) groups is 2. The third kappa shape index (κ3) is 3.35. The highest BCUT2D eigenvalue weighted by Gasteiger charge is 2.40. The van der Waals surface area contributed by atoms with Crippen LogP contribution in [-0.2, 0) is 9.59 Å². The highest BCUT2D eigenvalue weighted by Crippen LogP contribution is 2.28. The van der Waals surface area contributed by atoms with E-state index < -0.39 is 6.04 Å². The molecule has 1 saturated heterocycles. The molecule has 1 aliphatic rings. The third-order valence-electron chi connectivity index (χ3n) is 3.43. The van der Waals surface area contributed by atoms with Gasteiger partial charge >= 0.3 is 0 Å². The molecule has 114 valence electrons. The van der Waals surface area contributed by atoms with Crippen LogP contribution < -0.4 is 15.0 Å². The number of piperazine rings is 1. The lowest BCUT2D eigenvalue weighted by molar-refractivity contribution is -0.133. The third-order valence-corrected chi connectivity index (χ3v) is 3.43. The summed E-state index contributed by atoms with van der Waals surface area (Å²) in [7, 11) is 0. The van der Waals surface area contributed by atoms with Crippen LogP contribution in [0, 0.1) is 5.41 Å². The molecule has 0 spiro atoms. The molecule has 5 nitrogen and oxygen atoms in total. The molecule has 0 bridgehead atoms. The molecule has 1 fully saturated rings. The van der Waals surface area contributed by atoms with Crippen LogP contribution in [0.2, 0.25) is 0 Å². The van der Waals surface area contributed by atoms with E-state index >= 15 is 0 Å². The van der Waals surface area contributed by atoms with Gasteiger partial charge in [0, 0.05) is 11.8 Å². The second kappa shape index (κ2) is 5.76. The van der Waals surface area contributed by atoms with Crippen LogP contribution in [0.25, 0.3) is 0 Å². The van der Waals surface area contributed by atoms with E-state index in [1.165, 1.54) is 4.90 Å². The zero-order chi connectivity index (χ0) is 15.6. The molecule has 0 radical (unpaired) electrons. The predicted octanol–water partition coefficient (Wildman–Crippen LogP) is 1.96. The molecule has 2 amide bonds. The zero-order valence-electron chi connectivity index (χ0n) is 13.0. The maximum absolute atomic E-state index is 12.7. The van der Waals surface area contributed by atoms with Gasteiger partial charge < -0.3 is 15.0 Å². The number of amides is 2. The Morgan fingerprint density at radius 3 is 2.67 bits per heavy atom. The van der Waals surface area contributed by atoms with Gasteiger partial charge in [-0.3, -0.25) is 9.59 Å². The van der Waals surface area contributed by atoms with Crippen molar-refractivity contribution >= 4 is 17.5 Å². The van der Waals surface area contributed by atoms with E-state index in [0.717, 1.165) is 0 Å². The normalized spacial score (nSPS) is 19.4. The van der Waals surface area contributed by atoms with E-state index in [9.17, 15) is 9.59 Å². The van der Waals surface area contributed by atoms with Gasteiger partial charge in [0.1, 0.15) is 18.3 Å². The first-order valence-electron chi connectivity index (χ1n) is 7.16. The monoisotopic (exact) mass is 290 g/mol. The molecular weight excluding hydrogens is 268 g/mol. The van der Waals surface area contributed by atoms with Crippen LogP contribution in [0.3, 0.4) is 0 Å². The minimum absolute atomic E-state index is 0.0427. The first-order chi connectivity index (χ1) is 9.82. The largest absolute Gasteiger partial charge is 0.494 e. The van der Waals surface area contributed by atoms with Crippen molar-refractivity contribution in [2.45, 2.75) is 33.7 Å². The Labute approximate surface area is 125 Å². The summed E-state index contributed by atoms with van der Waals surface area (Å²) >= 11 is 0. The summed E-state index contributed by atoms with van der Waals surface area (Å²) in [6.45, 7) is 8.33. The van der Waals surface area contributed by atoms with Crippen molar-refractivity contribution in [1.29, 1.82) is 0 Å². The summed E-state index contributed by atoms with van der Waals surface area (Å²) in [6, 6.07) is 6.75. The minimum Gasteiger partial charge on any atom is -0.494 e. The summed E-state index contributed by atoms with van der Waals surface area (Å²) < 4.78 is 5.46. The van der Waals surface area contributed by atoms with Gasteiger partial charge in [-0.1, -0.05) is 26.8 Å². The van der Waals surface area contributed by atoms with Crippen molar-refractivity contribution in [2.24, 2.45) is 5.41 Å². The molecule has 1 aromatic rings. The number of rotatable bonds is 3. The lowest BCUT2D eigenvalue weighted by atomic mass is 9.84. The minimum atomic E-state index is -0.519. The van der Waals surface area contributed by atoms with Crippen LogP contribution in [-0.4, -0.2) is 31.0 Å². The average Bonchev–Trinajstić information content (AvgIpc) is 2.40. The lowest BCUT2D eigenvalue weighted by Gasteiger charge is -2.38. The standard InChI is InChI=1S/C16H22N2O3/c1-5-21-12-8-6-7-11(9-12)18-10-13(19)17-14(15(18)20)16(2,3)4/h6-9,14H,5,10H2,1-4H3,(H,17,19). The molecule has 1 atom stereocenters. The zero-order valence-corrected chi connectivity index (χ0v) is 13.0. The van der Waals surface area contributed by atoms with E-state index in [1.807, 2.05) is 45.9 Å². The topological polar surface area (TPSA) is 58.6 Å². The predicted molar refractivity (Wildman–Crippen MR) is 81.3 cm³/mol. The van der Waals surface area contributed by atoms with Crippen molar-refractivity contribution < 1.29 is 14.3 Å². The molecule has 0 saturated carbocycles. The van der Waals surface area contributed by atoms with E-state index in [-0.39, 0.29) is 23.8 Å². The Hall–Kier alpha value is -2.04. The fourth-order valence-corrected chi connectivity index (χ4v) is 2.36. The number of nitrogens with one attached hydrogen (secondary N) is 1. The molecule has 0 aliphatic carbocycles. The number of benzene rings is 1. The number of ether oxygens (including phenoxy) is 1. The van der Waals surface area contributed by atoms with Gasteiger partial charge in [-0.05, 0) is 24.5 Å². The highest BCUT2D eigenvalue weighted by molar-refractivity contribution is 6.07. The Morgan fingerprint density at radius 2 is 2.05 bits per heavy atom. The second-order valence-electron chi connectivity index (χ2n) is 6.22. The van der Waals surface area contributed by atoms with Crippen LogP contribution >= 0.6 is 0 Å². The second-order valence-corrected chi connectivity index (χ2v) is 6.22. The fraction of sp³-hybridized carbons (Fsp3) is 0.500. The highest BCUT2D eigenvalue weighted by atomic mass is 16.5. The molecule has 21 heavy (non-hydrogen) atoms. The molecule has 1 aromatic carbocycles. The van der Waals surface area contributed by atoms with E-state index in [1.54, 1.807) is 6.07 Å². The van der Waals surface area contributed by atoms with Crippen LogP contribution in [0.5, 0.6) is 5.75 Å². The number of nitrogens with zero attached hydrogens (tertiary/aromatic N) is 1. The smallest absolute Gasteiger partial charge is 0.250 e. The average molecular weight is 290 g/mol. The molecule has 1 unspecified atom stereocenters. The van der Waals surface area contributed by atoms with Crippen molar-refractivity contribution in [3.05, 3.63) is 24.3 Å². The molecule has 2 rings (SSSR count). The first-order valence-corrected chi connectivity index (χ1v) is 7.16. The number of anilines is 1. The summed E-state index contributed by atoms with van der Waals surface area (Å²) in [4.78, 5) is 26.1. The van der Waals surface area contributed by atoms with Gasteiger partial charge in [0.25, 0.3) is 5.91 Å². The Kier molecular flexibility index (Phi) is 4.21. The SMILES string of the molecule is CCOc1cccc(N2CC(=O)NC(C(C)(C)C)C2=O)c1. The lowest BCUT2D eigenvalue weighted by Crippen LogP contribution is -2.62. The summed E-state index contributed by atoms with van der Waals surface area (Å²) in [5.41, 5.74) is 0.359. The quantitative estimate of drug-likeness (QED) is 0.926. The van der Waals surface area contributed by atoms with Crippen molar-refractivity contribution in [1.82, 2.24) is 5.32 Å². The van der Waals surface area contributed by atoms with Gasteiger partial charge in [0.05, 0.1) is 6.61 Å². The molecule has 1 N–H and O–H groups in total. The van der Waals surface area contributed by atoms with Crippen LogP contribution in [0.1, 0.15) is 27.7 Å². The van der Waals surface area contributed by atoms with Gasteiger partial charge in [-0.15, -0.1) is 0 Å². The van der Waals surface area contributed by atoms with Gasteiger partial charge in [-0.25, -0.2) is 0 Å². The van der Waals surface area contributed by atoms with Gasteiger partial charge in [-0.2, -0.15) is 0 Å². The Bertz CT molecular complexity index is 549. The number of hydrogen-bond donors (Lipinski definition) is 1. The van der Waals surface area contributed by atoms with E-state index in [4.69, 9.17) is 4.74 Å². The summed E-state index contributed by atoms with van der Waals surface area (Å²) in [5.74, 6) is 0.466. The van der Waals surface area contributed by atoms with E-state index in [2.05, 4.69) is 5.32 Å². The molecule has 5 heteroatoms. The van der Waals surface area contributed by atoms with E-state index in [0.29, 0.717) is 18.0 Å². The number of carbonyl (C=O) groups excluding carboxylic acids is 2. The van der Waals surface area contributed by atoms with Gasteiger partial charge in [0.15, 0.2) is 0 Å². The van der Waals surface area contributed by atoms with Crippen LogP contribution in [0.15, 0.2) is 24.3 Å². The maximum atomic E-state index is 12.7. The molecule has 1 heterocycles. The van der Waals surface area contributed by atoms with Crippen molar-refractivity contribution in [3.8, 4) is 5.75 Å². The van der Waals surface area contributed by atoms with Gasteiger partial charge in [0.2, 0.25) is 5.91 Å². The Morgan fingerprint density at radius 1 is 1.33 bits per heavy atom. The van der Waals surface area contributed by atoms with Crippen molar-refractivity contribution in [2.75, 3.05) is 18.1 Å². The molecular formula is C16H22N2O3. The fourth-order valence-electron chi connectivity index (χ4n) is 2.36. The summed E-state index contributed by atoms with van der Waals surface area (Å²) in [5, 5.41) is 2.78. The maximum Gasteiger partial charge on any atom is 0.250 e. The Balaban J connectivity index is 2.31. The van der Waals surface area contributed by atoms with Crippen LogP contribution in [0.4, 0.5) is 5.69 Å². The number of hydrogen-bond acceptors (Lipinski definition) is 3. The summed E-state index contributed by atoms with van der Waals surface area (Å²) in [6.07, 6.45) is 0. The first kappa shape index (κ1) is 15.4. The molecule has 1 aliphatic heterocycles. The molecule has 0 aromatic heterocycles.